The second-order valence-electron chi connectivity index (χ2n) is 6.58. The molecule has 4 rings (SSSR count). The minimum Gasteiger partial charge on any atom is -0.482 e. The molecular weight excluding hydrogens is 389 g/mol. The summed E-state index contributed by atoms with van der Waals surface area (Å²) in [5, 5.41) is 10.3. The van der Waals surface area contributed by atoms with Crippen LogP contribution in [0.4, 0.5) is 0 Å². The first kappa shape index (κ1) is 18.0. The van der Waals surface area contributed by atoms with E-state index in [0.29, 0.717) is 17.4 Å². The van der Waals surface area contributed by atoms with Crippen LogP contribution in [0, 0.1) is 0 Å². The first-order valence-electron chi connectivity index (χ1n) is 8.64. The fourth-order valence-electron chi connectivity index (χ4n) is 3.22. The Labute approximate surface area is 165 Å². The zero-order valence-electron chi connectivity index (χ0n) is 14.3. The van der Waals surface area contributed by atoms with Crippen molar-refractivity contribution in [3.63, 3.8) is 0 Å². The van der Waals surface area contributed by atoms with Gasteiger partial charge in [-0.05, 0) is 42.5 Å². The standard InChI is InChI=1S/C20H17Cl2NO4/c21-16-7-13(26-10-19(24)25)8-17(22)20(16)27-12-4-5-18-14(6-12)15(9-23-18)11-2-1-3-11/h4-9,11,23H,1-3,10H2,(H,24,25). The summed E-state index contributed by atoms with van der Waals surface area (Å²) in [5.74, 6) is 0.733. The highest BCUT2D eigenvalue weighted by Gasteiger charge is 2.22. The number of ether oxygens (including phenoxy) is 2. The van der Waals surface area contributed by atoms with Gasteiger partial charge in [0.2, 0.25) is 0 Å². The van der Waals surface area contributed by atoms with Crippen molar-refractivity contribution < 1.29 is 19.4 Å². The third-order valence-electron chi connectivity index (χ3n) is 4.78. The lowest BCUT2D eigenvalue weighted by molar-refractivity contribution is -0.139. The average Bonchev–Trinajstić information content (AvgIpc) is 2.98. The monoisotopic (exact) mass is 405 g/mol. The van der Waals surface area contributed by atoms with Gasteiger partial charge in [-0.25, -0.2) is 4.79 Å². The second-order valence-corrected chi connectivity index (χ2v) is 7.39. The van der Waals surface area contributed by atoms with Gasteiger partial charge in [-0.3, -0.25) is 0 Å². The molecule has 1 aliphatic rings. The summed E-state index contributed by atoms with van der Waals surface area (Å²) in [4.78, 5) is 13.9. The lowest BCUT2D eigenvalue weighted by atomic mass is 9.80. The van der Waals surface area contributed by atoms with Crippen molar-refractivity contribution in [2.75, 3.05) is 6.61 Å². The van der Waals surface area contributed by atoms with Crippen LogP contribution in [-0.4, -0.2) is 22.7 Å². The summed E-state index contributed by atoms with van der Waals surface area (Å²) in [6, 6.07) is 8.78. The predicted octanol–water partition coefficient (Wildman–Crippen LogP) is 6.00. The van der Waals surface area contributed by atoms with E-state index in [4.69, 9.17) is 37.8 Å². The topological polar surface area (TPSA) is 71.6 Å². The molecule has 7 heteroatoms. The predicted molar refractivity (Wildman–Crippen MR) is 105 cm³/mol. The normalized spacial score (nSPS) is 14.1. The molecule has 1 aliphatic carbocycles. The lowest BCUT2D eigenvalue weighted by Gasteiger charge is -2.25. The molecule has 0 atom stereocenters. The van der Waals surface area contributed by atoms with Gasteiger partial charge in [0.05, 0.1) is 10.0 Å². The van der Waals surface area contributed by atoms with Crippen LogP contribution in [0.25, 0.3) is 10.9 Å². The Balaban J connectivity index is 1.60. The Hall–Kier alpha value is -2.37. The number of aliphatic carboxylic acids is 1. The molecule has 0 aliphatic heterocycles. The van der Waals surface area contributed by atoms with Crippen LogP contribution in [0.15, 0.2) is 36.5 Å². The van der Waals surface area contributed by atoms with E-state index in [-0.39, 0.29) is 15.8 Å². The number of rotatable bonds is 6. The summed E-state index contributed by atoms with van der Waals surface area (Å²) in [7, 11) is 0. The SMILES string of the molecule is O=C(O)COc1cc(Cl)c(Oc2ccc3[nH]cc(C4CCC4)c3c2)c(Cl)c1. The van der Waals surface area contributed by atoms with Crippen molar-refractivity contribution in [1.29, 1.82) is 0 Å². The maximum absolute atomic E-state index is 10.6. The quantitative estimate of drug-likeness (QED) is 0.527. The Morgan fingerprint density at radius 1 is 1.15 bits per heavy atom. The molecule has 2 aromatic carbocycles. The van der Waals surface area contributed by atoms with Gasteiger partial charge in [-0.15, -0.1) is 0 Å². The van der Waals surface area contributed by atoms with Gasteiger partial charge >= 0.3 is 5.97 Å². The molecule has 0 radical (unpaired) electrons. The van der Waals surface area contributed by atoms with Crippen molar-refractivity contribution in [2.24, 2.45) is 0 Å². The van der Waals surface area contributed by atoms with E-state index in [1.54, 1.807) is 0 Å². The second kappa shape index (κ2) is 7.33. The number of nitrogens with one attached hydrogen (secondary N) is 1. The Morgan fingerprint density at radius 3 is 2.52 bits per heavy atom. The molecule has 2 N–H and O–H groups in total. The largest absolute Gasteiger partial charge is 0.482 e. The van der Waals surface area contributed by atoms with Crippen LogP contribution in [0.2, 0.25) is 10.0 Å². The van der Waals surface area contributed by atoms with Crippen LogP contribution < -0.4 is 9.47 Å². The van der Waals surface area contributed by atoms with Gasteiger partial charge in [0.15, 0.2) is 12.4 Å². The highest BCUT2D eigenvalue weighted by atomic mass is 35.5. The van der Waals surface area contributed by atoms with Crippen molar-refractivity contribution in [3.8, 4) is 17.2 Å². The Bertz CT molecular complexity index is 987. The van der Waals surface area contributed by atoms with E-state index >= 15 is 0 Å². The zero-order chi connectivity index (χ0) is 19.0. The van der Waals surface area contributed by atoms with Crippen LogP contribution in [0.1, 0.15) is 30.7 Å². The summed E-state index contributed by atoms with van der Waals surface area (Å²) in [5.41, 5.74) is 2.38. The Morgan fingerprint density at radius 2 is 1.89 bits per heavy atom. The van der Waals surface area contributed by atoms with E-state index in [9.17, 15) is 4.79 Å². The molecule has 1 heterocycles. The van der Waals surface area contributed by atoms with Gasteiger partial charge < -0.3 is 19.6 Å². The minimum absolute atomic E-state index is 0.247. The van der Waals surface area contributed by atoms with E-state index in [1.807, 2.05) is 18.2 Å². The molecule has 0 bridgehead atoms. The fraction of sp³-hybridized carbons (Fsp3) is 0.250. The molecule has 0 saturated heterocycles. The van der Waals surface area contributed by atoms with E-state index in [0.717, 1.165) is 10.9 Å². The third-order valence-corrected chi connectivity index (χ3v) is 5.35. The fourth-order valence-corrected chi connectivity index (χ4v) is 3.77. The van der Waals surface area contributed by atoms with Crippen LogP contribution in [0.3, 0.4) is 0 Å². The van der Waals surface area contributed by atoms with Crippen molar-refractivity contribution >= 4 is 40.1 Å². The lowest BCUT2D eigenvalue weighted by Crippen LogP contribution is -2.09. The molecule has 1 saturated carbocycles. The number of hydrogen-bond donors (Lipinski definition) is 2. The van der Waals surface area contributed by atoms with Crippen LogP contribution in [-0.2, 0) is 4.79 Å². The maximum atomic E-state index is 10.6. The van der Waals surface area contributed by atoms with Gasteiger partial charge in [0.25, 0.3) is 0 Å². The maximum Gasteiger partial charge on any atom is 0.341 e. The van der Waals surface area contributed by atoms with Gasteiger partial charge in [0, 0.05) is 29.2 Å². The minimum atomic E-state index is -1.08. The molecule has 0 unspecified atom stereocenters. The zero-order valence-corrected chi connectivity index (χ0v) is 15.8. The number of aromatic amines is 1. The molecular formula is C20H17Cl2NO4. The van der Waals surface area contributed by atoms with Gasteiger partial charge in [-0.1, -0.05) is 29.6 Å². The summed E-state index contributed by atoms with van der Waals surface area (Å²) < 4.78 is 11.0. The van der Waals surface area contributed by atoms with E-state index in [1.165, 1.54) is 37.0 Å². The molecule has 1 aromatic heterocycles. The molecule has 1 fully saturated rings. The van der Waals surface area contributed by atoms with Crippen molar-refractivity contribution in [2.45, 2.75) is 25.2 Å². The number of carboxylic acids is 1. The number of halogens is 2. The molecule has 5 nitrogen and oxygen atoms in total. The molecule has 140 valence electrons. The number of H-pyrrole nitrogens is 1. The van der Waals surface area contributed by atoms with E-state index < -0.39 is 12.6 Å². The molecule has 0 spiro atoms. The molecule has 3 aromatic rings. The average molecular weight is 406 g/mol. The molecule has 27 heavy (non-hydrogen) atoms. The summed E-state index contributed by atoms with van der Waals surface area (Å²) >= 11 is 12.5. The van der Waals surface area contributed by atoms with Crippen molar-refractivity contribution in [1.82, 2.24) is 4.98 Å². The summed E-state index contributed by atoms with van der Waals surface area (Å²) in [6.45, 7) is -0.471. The first-order valence-corrected chi connectivity index (χ1v) is 9.39. The number of carbonyl (C=O) groups is 1. The third kappa shape index (κ3) is 3.70. The smallest absolute Gasteiger partial charge is 0.341 e. The Kier molecular flexibility index (Phi) is 4.89. The van der Waals surface area contributed by atoms with E-state index in [2.05, 4.69) is 11.2 Å². The number of carboxylic acid groups (broad SMARTS) is 1. The summed E-state index contributed by atoms with van der Waals surface area (Å²) in [6.07, 6.45) is 5.78. The highest BCUT2D eigenvalue weighted by molar-refractivity contribution is 6.37. The first-order chi connectivity index (χ1) is 13.0. The number of fused-ring (bicyclic) bond motifs is 1. The van der Waals surface area contributed by atoms with Crippen LogP contribution in [0.5, 0.6) is 17.2 Å². The van der Waals surface area contributed by atoms with Gasteiger partial charge in [0.1, 0.15) is 11.5 Å². The number of aromatic nitrogens is 1. The number of benzene rings is 2. The highest BCUT2D eigenvalue weighted by Crippen LogP contribution is 2.43. The number of hydrogen-bond acceptors (Lipinski definition) is 3. The van der Waals surface area contributed by atoms with Crippen molar-refractivity contribution in [3.05, 3.63) is 52.1 Å². The van der Waals surface area contributed by atoms with Crippen LogP contribution >= 0.6 is 23.2 Å². The molecule has 0 amide bonds. The van der Waals surface area contributed by atoms with Gasteiger partial charge in [-0.2, -0.15) is 0 Å².